The summed E-state index contributed by atoms with van der Waals surface area (Å²) in [4.78, 5) is 28.7. The Morgan fingerprint density at radius 3 is 1.97 bits per heavy atom. The van der Waals surface area contributed by atoms with Crippen molar-refractivity contribution in [2.75, 3.05) is 58.9 Å². The molecule has 2 fully saturated rings. The van der Waals surface area contributed by atoms with Crippen LogP contribution in [0.2, 0.25) is 25.7 Å². The molecule has 1 amide bonds. The highest BCUT2D eigenvalue weighted by Crippen LogP contribution is 2.56. The van der Waals surface area contributed by atoms with E-state index in [0.717, 1.165) is 92.7 Å². The Hall–Kier alpha value is -5.88. The molecule has 6 aromatic rings. The minimum atomic E-state index is -1.09. The van der Waals surface area contributed by atoms with Crippen molar-refractivity contribution >= 4 is 31.3 Å². The number of nitrogen functional groups attached to an aromatic ring is 1. The molecule has 6 atom stereocenters. The van der Waals surface area contributed by atoms with Gasteiger partial charge in [-0.3, -0.25) is 19.3 Å². The standard InChI is InChI=1S/C23H28N6O.C15H24N2O3Si.C14H20N4/c1-28(2)11-10-20(15-6-4-3-5-7-15)29-14-17(13-24-29)25-23(30)22-21-18-12-16(18)8-9-19(21)26-27-22;1-21(2,3)7-6-20-9-17-12-5-4-10-8-11(10)13(12)14(16-17)15(18)19;1-17(2)9-8-14(12-6-4-3-5-7-12)18-11-13(15)10-16-18/h3-7,13-14,16,18,20H,8-12H2,1-2H3,(H,25,30)(H,26,27);10-11H,4-9H2,1-3H3,(H,18,19);3-7,10-11,14H,8-9,15H2,1-2H3. The Kier molecular flexibility index (Phi) is 15.7. The number of carbonyl (C=O) groups excluding carboxylic acids is 1. The number of nitrogens with zero attached hydrogens (tertiary/aromatic N) is 9. The number of carbonyl (C=O) groups is 2. The van der Waals surface area contributed by atoms with Crippen molar-refractivity contribution in [3.05, 3.63) is 130 Å². The molecular formula is C52H72N12O4Si. The molecule has 2 aromatic carbocycles. The van der Waals surface area contributed by atoms with Crippen LogP contribution in [0.5, 0.6) is 0 Å². The summed E-state index contributed by atoms with van der Waals surface area (Å²) in [6.07, 6.45) is 15.8. The Bertz CT molecular complexity index is 2630. The molecule has 4 aliphatic carbocycles. The van der Waals surface area contributed by atoms with Crippen LogP contribution in [0, 0.1) is 11.8 Å². The van der Waals surface area contributed by atoms with Gasteiger partial charge in [-0.25, -0.2) is 9.48 Å². The number of nitrogens with two attached hydrogens (primary N) is 1. The van der Waals surface area contributed by atoms with Crippen molar-refractivity contribution in [1.29, 1.82) is 0 Å². The first-order chi connectivity index (χ1) is 33.1. The van der Waals surface area contributed by atoms with E-state index >= 15 is 0 Å². The Balaban J connectivity index is 0.000000146. The fourth-order valence-corrected chi connectivity index (χ4v) is 10.7. The van der Waals surface area contributed by atoms with Crippen molar-refractivity contribution in [2.24, 2.45) is 11.8 Å². The van der Waals surface area contributed by atoms with Gasteiger partial charge in [-0.15, -0.1) is 0 Å². The topological polar surface area (TPSA) is 190 Å². The summed E-state index contributed by atoms with van der Waals surface area (Å²) in [5.74, 6) is 1.35. The summed E-state index contributed by atoms with van der Waals surface area (Å²) in [5.41, 5.74) is 14.8. The lowest BCUT2D eigenvalue weighted by atomic mass is 9.95. The summed E-state index contributed by atoms with van der Waals surface area (Å²) < 4.78 is 11.4. The zero-order valence-electron chi connectivity index (χ0n) is 41.5. The van der Waals surface area contributed by atoms with Gasteiger partial charge in [0.25, 0.3) is 5.91 Å². The Morgan fingerprint density at radius 1 is 0.826 bits per heavy atom. The molecule has 0 aliphatic heterocycles. The Morgan fingerprint density at radius 2 is 1.41 bits per heavy atom. The maximum absolute atomic E-state index is 12.9. The van der Waals surface area contributed by atoms with E-state index in [-0.39, 0.29) is 23.7 Å². The van der Waals surface area contributed by atoms with Gasteiger partial charge in [0.05, 0.1) is 35.9 Å². The van der Waals surface area contributed by atoms with Gasteiger partial charge < -0.3 is 30.7 Å². The van der Waals surface area contributed by atoms with Crippen molar-refractivity contribution < 1.29 is 19.4 Å². The molecule has 2 saturated carbocycles. The van der Waals surface area contributed by atoms with Crippen molar-refractivity contribution in [1.82, 2.24) is 49.3 Å². The van der Waals surface area contributed by atoms with Crippen molar-refractivity contribution in [3.63, 3.8) is 0 Å². The van der Waals surface area contributed by atoms with Gasteiger partial charge in [0.2, 0.25) is 0 Å². The predicted octanol–water partition coefficient (Wildman–Crippen LogP) is 8.40. The van der Waals surface area contributed by atoms with E-state index in [2.05, 4.69) is 137 Å². The smallest absolute Gasteiger partial charge is 0.356 e. The largest absolute Gasteiger partial charge is 0.476 e. The first-order valence-corrected chi connectivity index (χ1v) is 28.4. The van der Waals surface area contributed by atoms with E-state index in [9.17, 15) is 14.7 Å². The van der Waals surface area contributed by atoms with Crippen LogP contribution in [0.3, 0.4) is 0 Å². The molecule has 5 N–H and O–H groups in total. The fraction of sp³-hybridized carbons (Fsp3) is 0.500. The van der Waals surface area contributed by atoms with E-state index < -0.39 is 14.0 Å². The number of ether oxygens (including phenoxy) is 1. The molecule has 10 rings (SSSR count). The average molecular weight is 957 g/mol. The monoisotopic (exact) mass is 957 g/mol. The molecule has 4 aliphatic rings. The van der Waals surface area contributed by atoms with Gasteiger partial charge in [-0.05, 0) is 133 Å². The molecule has 0 bridgehead atoms. The molecule has 16 nitrogen and oxygen atoms in total. The van der Waals surface area contributed by atoms with Crippen LogP contribution in [-0.2, 0) is 24.3 Å². The van der Waals surface area contributed by atoms with Crippen LogP contribution in [0.1, 0.15) is 117 Å². The molecule has 0 spiro atoms. The first kappa shape index (κ1) is 49.5. The second kappa shape index (κ2) is 21.8. The lowest BCUT2D eigenvalue weighted by Gasteiger charge is -2.20. The quantitative estimate of drug-likeness (QED) is 0.0478. The lowest BCUT2D eigenvalue weighted by Crippen LogP contribution is -2.22. The number of hydrogen-bond acceptors (Lipinski definition) is 10. The highest BCUT2D eigenvalue weighted by Gasteiger charge is 2.47. The molecule has 368 valence electrons. The van der Waals surface area contributed by atoms with Crippen LogP contribution in [-0.4, -0.2) is 122 Å². The van der Waals surface area contributed by atoms with E-state index in [4.69, 9.17) is 10.5 Å². The van der Waals surface area contributed by atoms with Crippen molar-refractivity contribution in [3.8, 4) is 0 Å². The zero-order valence-corrected chi connectivity index (χ0v) is 42.5. The van der Waals surface area contributed by atoms with E-state index in [1.54, 1.807) is 17.1 Å². The number of fused-ring (bicyclic) bond motifs is 6. The number of benzene rings is 2. The SMILES string of the molecule is CN(C)CCC(c1ccccc1)n1cc(N)cn1.CN(C)CCC(c1ccccc1)n1cc(NC(=O)c2n[nH]c3c2C2CC2CC3)cn1.C[Si](C)(C)CCOCn1nc(C(=O)O)c2c1CCC1CC21. The summed E-state index contributed by atoms with van der Waals surface area (Å²) in [6.45, 7) is 10.0. The third-order valence-corrected chi connectivity index (χ3v) is 15.6. The number of H-pyrrole nitrogens is 1. The van der Waals surface area contributed by atoms with E-state index in [1.807, 2.05) is 33.9 Å². The van der Waals surface area contributed by atoms with Crippen molar-refractivity contribution in [2.45, 2.75) is 108 Å². The maximum Gasteiger partial charge on any atom is 0.356 e. The third-order valence-electron chi connectivity index (χ3n) is 13.9. The Labute approximate surface area is 407 Å². The van der Waals surface area contributed by atoms with Crippen LogP contribution in [0.15, 0.2) is 85.5 Å². The average Bonchev–Trinajstić information content (AvgIpc) is 4.02. The highest BCUT2D eigenvalue weighted by molar-refractivity contribution is 6.76. The molecule has 17 heteroatoms. The number of aryl methyl sites for hydroxylation is 1. The molecule has 0 saturated heterocycles. The second-order valence-electron chi connectivity index (χ2n) is 21.1. The number of aromatic amines is 1. The minimum absolute atomic E-state index is 0.115. The summed E-state index contributed by atoms with van der Waals surface area (Å²) in [5, 5.41) is 33.0. The number of rotatable bonds is 18. The molecule has 4 aromatic heterocycles. The summed E-state index contributed by atoms with van der Waals surface area (Å²) in [6, 6.07) is 22.3. The molecular weight excluding hydrogens is 885 g/mol. The number of anilines is 2. The molecule has 6 unspecified atom stereocenters. The summed E-state index contributed by atoms with van der Waals surface area (Å²) >= 11 is 0. The molecule has 4 heterocycles. The number of nitrogens with one attached hydrogen (secondary N) is 2. The van der Waals surface area contributed by atoms with Crippen LogP contribution in [0.25, 0.3) is 0 Å². The number of aromatic carboxylic acids is 1. The maximum atomic E-state index is 12.9. The van der Waals surface area contributed by atoms with Gasteiger partial charge in [-0.1, -0.05) is 80.3 Å². The molecule has 69 heavy (non-hydrogen) atoms. The van der Waals surface area contributed by atoms with Gasteiger partial charge in [0, 0.05) is 49.6 Å². The van der Waals surface area contributed by atoms with E-state index in [0.29, 0.717) is 41.6 Å². The van der Waals surface area contributed by atoms with Gasteiger partial charge >= 0.3 is 5.97 Å². The first-order valence-electron chi connectivity index (χ1n) is 24.7. The minimum Gasteiger partial charge on any atom is -0.476 e. The van der Waals surface area contributed by atoms with Crippen LogP contribution >= 0.6 is 0 Å². The number of carboxylic acid groups (broad SMARTS) is 1. The normalized spacial score (nSPS) is 19.4. The predicted molar refractivity (Wildman–Crippen MR) is 273 cm³/mol. The number of amides is 1. The van der Waals surface area contributed by atoms with Crippen LogP contribution < -0.4 is 11.1 Å². The summed E-state index contributed by atoms with van der Waals surface area (Å²) in [7, 11) is 7.23. The second-order valence-corrected chi connectivity index (χ2v) is 26.7. The van der Waals surface area contributed by atoms with Gasteiger partial charge in [0.15, 0.2) is 11.4 Å². The van der Waals surface area contributed by atoms with Crippen LogP contribution in [0.4, 0.5) is 11.4 Å². The zero-order chi connectivity index (χ0) is 48.8. The number of aromatic nitrogens is 8. The van der Waals surface area contributed by atoms with Gasteiger partial charge in [0.1, 0.15) is 6.73 Å². The lowest BCUT2D eigenvalue weighted by molar-refractivity contribution is 0.0668. The fourth-order valence-electron chi connectivity index (χ4n) is 9.90. The number of hydrogen-bond donors (Lipinski definition) is 4. The van der Waals surface area contributed by atoms with Gasteiger partial charge in [-0.2, -0.15) is 20.4 Å². The molecule has 0 radical (unpaired) electrons. The highest BCUT2D eigenvalue weighted by atomic mass is 28.3. The number of carboxylic acids is 1. The third kappa shape index (κ3) is 12.7. The van der Waals surface area contributed by atoms with E-state index in [1.165, 1.54) is 24.0 Å².